The first-order chi connectivity index (χ1) is 9.71. The maximum Gasteiger partial charge on any atom is 0.112 e. The van der Waals surface area contributed by atoms with Crippen LogP contribution in [0.3, 0.4) is 0 Å². The largest absolute Gasteiger partial charge is 0.240 e. The van der Waals surface area contributed by atoms with Gasteiger partial charge >= 0.3 is 0 Å². The Labute approximate surface area is 134 Å². The molecule has 1 aliphatic carbocycles. The lowest BCUT2D eigenvalue weighted by atomic mass is 9.82. The molecule has 0 N–H and O–H groups in total. The maximum absolute atomic E-state index is 6.39. The molecule has 1 aliphatic rings. The minimum Gasteiger partial charge on any atom is -0.240 e. The summed E-state index contributed by atoms with van der Waals surface area (Å²) in [6, 6.07) is 8.22. The zero-order chi connectivity index (χ0) is 15.8. The van der Waals surface area contributed by atoms with Crippen molar-refractivity contribution >= 4 is 22.5 Å². The Kier molecular flexibility index (Phi) is 4.82. The van der Waals surface area contributed by atoms with E-state index in [1.54, 1.807) is 0 Å². The summed E-state index contributed by atoms with van der Waals surface area (Å²) < 4.78 is 0. The molecule has 0 aromatic heterocycles. The second kappa shape index (κ2) is 6.12. The lowest BCUT2D eigenvalue weighted by molar-refractivity contribution is 0.601. The number of nitrogens with zero attached hydrogens (tertiary/aromatic N) is 1. The van der Waals surface area contributed by atoms with Gasteiger partial charge in [0.15, 0.2) is 0 Å². The quantitative estimate of drug-likeness (QED) is 0.601. The van der Waals surface area contributed by atoms with Crippen molar-refractivity contribution < 1.29 is 0 Å². The van der Waals surface area contributed by atoms with Crippen molar-refractivity contribution in [1.82, 2.24) is 0 Å². The molecule has 1 nitrogen and oxygen atoms in total. The van der Waals surface area contributed by atoms with Crippen molar-refractivity contribution in [2.75, 3.05) is 0 Å². The van der Waals surface area contributed by atoms with E-state index in [1.165, 1.54) is 23.7 Å². The van der Waals surface area contributed by atoms with E-state index in [2.05, 4.69) is 65.1 Å². The van der Waals surface area contributed by atoms with Gasteiger partial charge in [-0.05, 0) is 35.8 Å². The Balaban J connectivity index is 2.43. The summed E-state index contributed by atoms with van der Waals surface area (Å²) in [7, 11) is 0. The number of hydrogen-bond donors (Lipinski definition) is 0. The highest BCUT2D eigenvalue weighted by Crippen LogP contribution is 2.51. The van der Waals surface area contributed by atoms with Crippen molar-refractivity contribution in [1.29, 1.82) is 0 Å². The summed E-state index contributed by atoms with van der Waals surface area (Å²) in [4.78, 5) is 4.68. The summed E-state index contributed by atoms with van der Waals surface area (Å²) >= 11 is 6.39. The number of aliphatic imine (C=N–C) groups is 1. The van der Waals surface area contributed by atoms with Gasteiger partial charge in [0.25, 0.3) is 0 Å². The Bertz CT molecular complexity index is 527. The minimum atomic E-state index is -0.138. The number of para-hydroxylation sites is 1. The van der Waals surface area contributed by atoms with Crippen LogP contribution in [0.25, 0.3) is 0 Å². The fraction of sp³-hybridized carbons (Fsp3) is 0.368. The molecule has 1 saturated carbocycles. The van der Waals surface area contributed by atoms with E-state index in [1.807, 2.05) is 12.1 Å². The van der Waals surface area contributed by atoms with Gasteiger partial charge in [0, 0.05) is 11.3 Å². The molecule has 0 aliphatic heterocycles. The van der Waals surface area contributed by atoms with Gasteiger partial charge in [-0.1, -0.05) is 71.3 Å². The molecule has 2 heteroatoms. The molecular formula is C19H23ClN. The van der Waals surface area contributed by atoms with Gasteiger partial charge in [-0.3, -0.25) is 0 Å². The van der Waals surface area contributed by atoms with Gasteiger partial charge in [0.2, 0.25) is 0 Å². The molecule has 1 fully saturated rings. The number of hydrogen-bond acceptors (Lipinski definition) is 1. The smallest absolute Gasteiger partial charge is 0.112 e. The number of rotatable bonds is 2. The molecule has 0 spiro atoms. The number of benzene rings is 1. The summed E-state index contributed by atoms with van der Waals surface area (Å²) in [5.41, 5.74) is 1.96. The molecule has 0 amide bonds. The lowest BCUT2D eigenvalue weighted by Crippen LogP contribution is -2.14. The van der Waals surface area contributed by atoms with E-state index in [9.17, 15) is 0 Å². The first kappa shape index (κ1) is 16.5. The van der Waals surface area contributed by atoms with E-state index in [0.29, 0.717) is 5.17 Å². The van der Waals surface area contributed by atoms with Gasteiger partial charge < -0.3 is 0 Å². The maximum atomic E-state index is 6.39. The van der Waals surface area contributed by atoms with Crippen LogP contribution < -0.4 is 0 Å². The molecule has 2 rings (SSSR count). The van der Waals surface area contributed by atoms with E-state index < -0.39 is 0 Å². The Morgan fingerprint density at radius 2 is 1.62 bits per heavy atom. The van der Waals surface area contributed by atoms with Crippen molar-refractivity contribution in [3.05, 3.63) is 59.9 Å². The Morgan fingerprint density at radius 1 is 1.00 bits per heavy atom. The van der Waals surface area contributed by atoms with Crippen LogP contribution in [-0.4, -0.2) is 5.17 Å². The zero-order valence-electron chi connectivity index (χ0n) is 13.7. The molecule has 0 atom stereocenters. The average Bonchev–Trinajstić information content (AvgIpc) is 2.63. The Morgan fingerprint density at radius 3 is 2.14 bits per heavy atom. The van der Waals surface area contributed by atoms with Gasteiger partial charge in [-0.2, -0.15) is 0 Å². The first-order valence-electron chi connectivity index (χ1n) is 7.29. The predicted octanol–water partition coefficient (Wildman–Crippen LogP) is 5.93. The topological polar surface area (TPSA) is 12.4 Å². The summed E-state index contributed by atoms with van der Waals surface area (Å²) in [6.07, 6.45) is 2.23. The van der Waals surface area contributed by atoms with Crippen molar-refractivity contribution in [2.45, 2.75) is 41.5 Å². The third kappa shape index (κ3) is 3.51. The molecule has 111 valence electrons. The molecule has 0 saturated heterocycles. The molecule has 0 bridgehead atoms. The van der Waals surface area contributed by atoms with Crippen LogP contribution >= 0.6 is 11.6 Å². The first-order valence-corrected chi connectivity index (χ1v) is 7.67. The third-order valence-electron chi connectivity index (χ3n) is 3.80. The van der Waals surface area contributed by atoms with Gasteiger partial charge in [0.05, 0.1) is 5.69 Å². The van der Waals surface area contributed by atoms with Gasteiger partial charge in [-0.15, -0.1) is 0 Å². The molecule has 1 aromatic carbocycles. The molecule has 21 heavy (non-hydrogen) atoms. The monoisotopic (exact) mass is 300 g/mol. The normalized spacial score (nSPS) is 20.4. The van der Waals surface area contributed by atoms with Crippen molar-refractivity contribution in [2.24, 2.45) is 10.4 Å². The second-order valence-electron chi connectivity index (χ2n) is 6.68. The van der Waals surface area contributed by atoms with Crippen LogP contribution in [0.1, 0.15) is 47.1 Å². The molecule has 5 radical (unpaired) electrons. The summed E-state index contributed by atoms with van der Waals surface area (Å²) in [6.45, 7) is 12.7. The van der Waals surface area contributed by atoms with E-state index in [0.717, 1.165) is 11.3 Å². The Hall–Kier alpha value is -0.820. The van der Waals surface area contributed by atoms with Crippen LogP contribution in [0.5, 0.6) is 0 Å². The van der Waals surface area contributed by atoms with E-state index in [-0.39, 0.29) is 5.41 Å². The highest BCUT2D eigenvalue weighted by Gasteiger charge is 2.39. The van der Waals surface area contributed by atoms with Gasteiger partial charge in [0.1, 0.15) is 5.17 Å². The molecule has 0 heterocycles. The van der Waals surface area contributed by atoms with E-state index >= 15 is 0 Å². The van der Waals surface area contributed by atoms with Crippen LogP contribution in [-0.2, 0) is 0 Å². The van der Waals surface area contributed by atoms with Crippen molar-refractivity contribution in [3.63, 3.8) is 0 Å². The van der Waals surface area contributed by atoms with E-state index in [4.69, 9.17) is 11.6 Å². The minimum absolute atomic E-state index is 0.138. The lowest BCUT2D eigenvalue weighted by Gasteiger charge is -2.22. The highest BCUT2D eigenvalue weighted by atomic mass is 35.5. The average molecular weight is 301 g/mol. The van der Waals surface area contributed by atoms with Crippen LogP contribution in [0.2, 0.25) is 0 Å². The van der Waals surface area contributed by atoms with Crippen LogP contribution in [0.4, 0.5) is 5.69 Å². The standard InChI is InChI=1S/C19H23ClN/c1-12-11-13(2)17(14(12)3)15-9-7-8-10-16(15)21-18(20)19(4,5)6/h7-11H,1-6H3. The van der Waals surface area contributed by atoms with Crippen molar-refractivity contribution in [3.8, 4) is 0 Å². The molecule has 0 unspecified atom stereocenters. The third-order valence-corrected chi connectivity index (χ3v) is 4.46. The predicted molar refractivity (Wildman–Crippen MR) is 92.2 cm³/mol. The summed E-state index contributed by atoms with van der Waals surface area (Å²) in [5, 5.41) is 0.633. The zero-order valence-corrected chi connectivity index (χ0v) is 14.5. The van der Waals surface area contributed by atoms with Gasteiger partial charge in [-0.25, -0.2) is 4.99 Å². The fourth-order valence-corrected chi connectivity index (χ4v) is 2.56. The van der Waals surface area contributed by atoms with Crippen LogP contribution in [0, 0.1) is 35.5 Å². The SMILES string of the molecule is C[C]1[CH][C](C)[C](c2ccccc2N=C(Cl)C(C)(C)C)[C]1C. The summed E-state index contributed by atoms with van der Waals surface area (Å²) in [5.74, 6) is 5.22. The molecular weight excluding hydrogens is 278 g/mol. The van der Waals surface area contributed by atoms with Crippen LogP contribution in [0.15, 0.2) is 29.3 Å². The second-order valence-corrected chi connectivity index (χ2v) is 7.04. The fourth-order valence-electron chi connectivity index (χ4n) is 2.47. The highest BCUT2D eigenvalue weighted by molar-refractivity contribution is 6.66. The molecule has 1 aromatic rings. The number of halogens is 1.